The van der Waals surface area contributed by atoms with Crippen LogP contribution < -0.4 is 0 Å². The van der Waals surface area contributed by atoms with E-state index < -0.39 is 12.2 Å². The van der Waals surface area contributed by atoms with Crippen molar-refractivity contribution in [3.8, 4) is 5.75 Å². The molecule has 0 saturated carbocycles. The molecule has 0 aliphatic carbocycles. The van der Waals surface area contributed by atoms with Crippen LogP contribution in [0.15, 0.2) is 36.9 Å². The molecule has 0 aliphatic heterocycles. The van der Waals surface area contributed by atoms with E-state index in [0.717, 1.165) is 0 Å². The first-order valence-corrected chi connectivity index (χ1v) is 5.48. The molecule has 0 saturated heterocycles. The minimum atomic E-state index is -1.23. The minimum absolute atomic E-state index is 0.0502. The highest BCUT2D eigenvalue weighted by Crippen LogP contribution is 2.27. The Balaban J connectivity index is 3.11. The second kappa shape index (κ2) is 6.14. The van der Waals surface area contributed by atoms with Crippen molar-refractivity contribution in [2.75, 3.05) is 0 Å². The van der Waals surface area contributed by atoms with E-state index in [1.165, 1.54) is 18.2 Å². The zero-order valence-electron chi connectivity index (χ0n) is 10.1. The van der Waals surface area contributed by atoms with Gasteiger partial charge in [-0.05, 0) is 24.1 Å². The van der Waals surface area contributed by atoms with Gasteiger partial charge < -0.3 is 15.3 Å². The van der Waals surface area contributed by atoms with Crippen LogP contribution in [0.3, 0.4) is 0 Å². The fourth-order valence-corrected chi connectivity index (χ4v) is 1.62. The van der Waals surface area contributed by atoms with Crippen LogP contribution in [-0.2, 0) is 0 Å². The molecular weight excluding hydrogens is 232 g/mol. The van der Waals surface area contributed by atoms with Crippen LogP contribution in [0.5, 0.6) is 5.75 Å². The summed E-state index contributed by atoms with van der Waals surface area (Å²) in [6.07, 6.45) is 1.17. The van der Waals surface area contributed by atoms with E-state index in [-0.39, 0.29) is 16.9 Å². The molecule has 3 N–H and O–H groups in total. The molecule has 1 rings (SSSR count). The van der Waals surface area contributed by atoms with Gasteiger partial charge in [0.15, 0.2) is 6.29 Å². The topological polar surface area (TPSA) is 77.8 Å². The van der Waals surface area contributed by atoms with E-state index in [1.807, 2.05) is 0 Å². The number of hydrogen-bond acceptors (Lipinski definition) is 4. The minimum Gasteiger partial charge on any atom is -0.507 e. The second-order valence-corrected chi connectivity index (χ2v) is 3.84. The van der Waals surface area contributed by atoms with Crippen molar-refractivity contribution >= 4 is 11.9 Å². The molecule has 0 spiro atoms. The number of carbonyl (C=O) groups excluding carboxylic acids is 1. The van der Waals surface area contributed by atoms with Gasteiger partial charge in [-0.3, -0.25) is 4.79 Å². The molecule has 4 nitrogen and oxygen atoms in total. The summed E-state index contributed by atoms with van der Waals surface area (Å²) in [6, 6.07) is 4.46. The molecule has 96 valence electrons. The van der Waals surface area contributed by atoms with Gasteiger partial charge in [0.2, 0.25) is 0 Å². The van der Waals surface area contributed by atoms with E-state index in [0.29, 0.717) is 11.8 Å². The summed E-state index contributed by atoms with van der Waals surface area (Å²) in [4.78, 5) is 10.9. The zero-order chi connectivity index (χ0) is 13.7. The predicted octanol–water partition coefficient (Wildman–Crippen LogP) is 1.52. The monoisotopic (exact) mass is 248 g/mol. The van der Waals surface area contributed by atoms with Crippen LogP contribution in [-0.4, -0.2) is 33.8 Å². The maximum Gasteiger partial charge on any atom is 0.154 e. The molecule has 1 aromatic rings. The Hall–Kier alpha value is -1.91. The van der Waals surface area contributed by atoms with E-state index in [4.69, 9.17) is 0 Å². The first-order valence-electron chi connectivity index (χ1n) is 5.48. The van der Waals surface area contributed by atoms with Crippen molar-refractivity contribution in [1.82, 2.24) is 0 Å². The van der Waals surface area contributed by atoms with Crippen LogP contribution in [0.1, 0.15) is 22.8 Å². The molecule has 0 amide bonds. The molecule has 0 bridgehead atoms. The number of aromatic hydroxyl groups is 1. The normalized spacial score (nSPS) is 14.4. The maximum absolute atomic E-state index is 10.9. The second-order valence-electron chi connectivity index (χ2n) is 3.84. The van der Waals surface area contributed by atoms with Crippen molar-refractivity contribution < 1.29 is 20.1 Å². The highest BCUT2D eigenvalue weighted by atomic mass is 16.3. The van der Waals surface area contributed by atoms with Gasteiger partial charge in [0.05, 0.1) is 5.56 Å². The molecule has 4 heteroatoms. The molecule has 0 heterocycles. The standard InChI is InChI=1S/C14H16O4/c1-3-5-13(17)14(18)9(2)10-6-4-7-12(16)11(10)8-15/h3-8,13-14,16-18H,2H2,1H3. The SMILES string of the molecule is C=C(c1cccc(O)c1C=O)C(O)C(O)C=CC. The highest BCUT2D eigenvalue weighted by molar-refractivity contribution is 5.89. The van der Waals surface area contributed by atoms with Gasteiger partial charge in [-0.15, -0.1) is 0 Å². The lowest BCUT2D eigenvalue weighted by molar-refractivity contribution is 0.0872. The van der Waals surface area contributed by atoms with E-state index in [2.05, 4.69) is 6.58 Å². The van der Waals surface area contributed by atoms with Crippen molar-refractivity contribution in [3.05, 3.63) is 48.1 Å². The largest absolute Gasteiger partial charge is 0.507 e. The molecule has 0 radical (unpaired) electrons. The lowest BCUT2D eigenvalue weighted by atomic mass is 9.94. The number of benzene rings is 1. The Labute approximate surface area is 106 Å². The van der Waals surface area contributed by atoms with Gasteiger partial charge in [0.25, 0.3) is 0 Å². The number of rotatable bonds is 5. The average molecular weight is 248 g/mol. The van der Waals surface area contributed by atoms with Crippen molar-refractivity contribution in [2.24, 2.45) is 0 Å². The van der Waals surface area contributed by atoms with Gasteiger partial charge in [-0.2, -0.15) is 0 Å². The predicted molar refractivity (Wildman–Crippen MR) is 69.4 cm³/mol. The van der Waals surface area contributed by atoms with Gasteiger partial charge in [0.1, 0.15) is 18.0 Å². The summed E-state index contributed by atoms with van der Waals surface area (Å²) in [6.45, 7) is 5.38. The van der Waals surface area contributed by atoms with Crippen LogP contribution in [0.2, 0.25) is 0 Å². The fourth-order valence-electron chi connectivity index (χ4n) is 1.62. The lowest BCUT2D eigenvalue weighted by Gasteiger charge is -2.19. The molecule has 0 aromatic heterocycles. The van der Waals surface area contributed by atoms with Crippen LogP contribution in [0.4, 0.5) is 0 Å². The summed E-state index contributed by atoms with van der Waals surface area (Å²) >= 11 is 0. The fraction of sp³-hybridized carbons (Fsp3) is 0.214. The number of carbonyl (C=O) groups is 1. The lowest BCUT2D eigenvalue weighted by Crippen LogP contribution is -2.25. The molecule has 2 atom stereocenters. The maximum atomic E-state index is 10.9. The molecule has 18 heavy (non-hydrogen) atoms. The molecular formula is C14H16O4. The van der Waals surface area contributed by atoms with Gasteiger partial charge in [0, 0.05) is 0 Å². The highest BCUT2D eigenvalue weighted by Gasteiger charge is 2.20. The first-order chi connectivity index (χ1) is 8.52. The van der Waals surface area contributed by atoms with Gasteiger partial charge in [-0.25, -0.2) is 0 Å². The Morgan fingerprint density at radius 1 is 1.39 bits per heavy atom. The average Bonchev–Trinajstić information content (AvgIpc) is 2.37. The molecule has 1 aromatic carbocycles. The van der Waals surface area contributed by atoms with Crippen molar-refractivity contribution in [1.29, 1.82) is 0 Å². The number of aliphatic hydroxyl groups is 2. The smallest absolute Gasteiger partial charge is 0.154 e. The van der Waals surface area contributed by atoms with Crippen molar-refractivity contribution in [3.63, 3.8) is 0 Å². The van der Waals surface area contributed by atoms with E-state index in [1.54, 1.807) is 19.1 Å². The summed E-state index contributed by atoms with van der Waals surface area (Å²) < 4.78 is 0. The summed E-state index contributed by atoms with van der Waals surface area (Å²) in [5.41, 5.74) is 0.550. The van der Waals surface area contributed by atoms with Gasteiger partial charge in [-0.1, -0.05) is 30.9 Å². The summed E-state index contributed by atoms with van der Waals surface area (Å²) in [7, 11) is 0. The number of aliphatic hydroxyl groups excluding tert-OH is 2. The third-order valence-electron chi connectivity index (χ3n) is 2.62. The third-order valence-corrected chi connectivity index (χ3v) is 2.62. The first kappa shape index (κ1) is 14.2. The molecule has 2 unspecified atom stereocenters. The number of allylic oxidation sites excluding steroid dienone is 1. The van der Waals surface area contributed by atoms with E-state index >= 15 is 0 Å². The number of hydrogen-bond donors (Lipinski definition) is 3. The quantitative estimate of drug-likeness (QED) is 0.545. The Kier molecular flexibility index (Phi) is 4.83. The number of phenols is 1. The van der Waals surface area contributed by atoms with Crippen molar-refractivity contribution in [2.45, 2.75) is 19.1 Å². The Morgan fingerprint density at radius 2 is 2.06 bits per heavy atom. The van der Waals surface area contributed by atoms with Crippen LogP contribution in [0, 0.1) is 0 Å². The zero-order valence-corrected chi connectivity index (χ0v) is 10.1. The van der Waals surface area contributed by atoms with Crippen LogP contribution in [0.25, 0.3) is 5.57 Å². The van der Waals surface area contributed by atoms with E-state index in [9.17, 15) is 20.1 Å². The molecule has 0 fully saturated rings. The Morgan fingerprint density at radius 3 is 2.61 bits per heavy atom. The Bertz CT molecular complexity index is 477. The third kappa shape index (κ3) is 2.85. The van der Waals surface area contributed by atoms with Gasteiger partial charge >= 0.3 is 0 Å². The molecule has 0 aliphatic rings. The number of phenolic OH excluding ortho intramolecular Hbond substituents is 1. The summed E-state index contributed by atoms with van der Waals surface area (Å²) in [5, 5.41) is 29.1. The van der Waals surface area contributed by atoms with Crippen LogP contribution >= 0.6 is 0 Å². The summed E-state index contributed by atoms with van der Waals surface area (Å²) in [5.74, 6) is -0.184. The number of aldehydes is 1.